The average molecular weight is 245 g/mol. The molecule has 1 aromatic carbocycles. The zero-order valence-electron chi connectivity index (χ0n) is 9.62. The second-order valence-electron chi connectivity index (χ2n) is 4.00. The highest BCUT2D eigenvalue weighted by atomic mass is 32.2. The van der Waals surface area contributed by atoms with Crippen molar-refractivity contribution in [3.8, 4) is 0 Å². The molecule has 1 rings (SSSR count). The Morgan fingerprint density at radius 1 is 1.38 bits per heavy atom. The number of sulfone groups is 1. The smallest absolute Gasteiger partial charge is 0.149 e. The lowest BCUT2D eigenvalue weighted by molar-refractivity contribution is 0.574. The van der Waals surface area contributed by atoms with Crippen molar-refractivity contribution < 1.29 is 12.8 Å². The van der Waals surface area contributed by atoms with E-state index < -0.39 is 9.84 Å². The van der Waals surface area contributed by atoms with Crippen molar-refractivity contribution in [1.29, 1.82) is 0 Å². The molecular weight excluding hydrogens is 229 g/mol. The monoisotopic (exact) mass is 245 g/mol. The van der Waals surface area contributed by atoms with E-state index >= 15 is 0 Å². The molecule has 1 aromatic rings. The Morgan fingerprint density at radius 3 is 2.44 bits per heavy atom. The largest absolute Gasteiger partial charge is 0.312 e. The first-order valence-electron chi connectivity index (χ1n) is 4.94. The van der Waals surface area contributed by atoms with Crippen LogP contribution in [0.25, 0.3) is 0 Å². The summed E-state index contributed by atoms with van der Waals surface area (Å²) in [5.41, 5.74) is 1.44. The minimum absolute atomic E-state index is 0.0353. The average Bonchev–Trinajstić information content (AvgIpc) is 2.11. The molecule has 0 radical (unpaired) electrons. The van der Waals surface area contributed by atoms with Gasteiger partial charge in [-0.3, -0.25) is 0 Å². The molecule has 5 heteroatoms. The lowest BCUT2D eigenvalue weighted by Gasteiger charge is -2.16. The van der Waals surface area contributed by atoms with Crippen LogP contribution in [-0.2, 0) is 9.84 Å². The molecule has 0 saturated heterocycles. The SMILES string of the molecule is CNC(CS(C)(=O)=O)c1cc(C)cc(F)c1. The van der Waals surface area contributed by atoms with Gasteiger partial charge in [0.2, 0.25) is 0 Å². The third-order valence-electron chi connectivity index (χ3n) is 2.28. The third-order valence-corrected chi connectivity index (χ3v) is 3.22. The van der Waals surface area contributed by atoms with E-state index in [1.54, 1.807) is 20.0 Å². The minimum Gasteiger partial charge on any atom is -0.312 e. The normalized spacial score (nSPS) is 13.8. The van der Waals surface area contributed by atoms with E-state index in [-0.39, 0.29) is 17.6 Å². The zero-order valence-corrected chi connectivity index (χ0v) is 10.4. The fourth-order valence-corrected chi connectivity index (χ4v) is 2.58. The molecule has 0 fully saturated rings. The summed E-state index contributed by atoms with van der Waals surface area (Å²) in [6.45, 7) is 1.78. The van der Waals surface area contributed by atoms with E-state index in [0.717, 1.165) is 5.56 Å². The maximum Gasteiger partial charge on any atom is 0.149 e. The van der Waals surface area contributed by atoms with Crippen LogP contribution < -0.4 is 5.32 Å². The fourth-order valence-electron chi connectivity index (χ4n) is 1.61. The summed E-state index contributed by atoms with van der Waals surface area (Å²) in [4.78, 5) is 0. The van der Waals surface area contributed by atoms with Crippen molar-refractivity contribution in [1.82, 2.24) is 5.32 Å². The lowest BCUT2D eigenvalue weighted by atomic mass is 10.1. The highest BCUT2D eigenvalue weighted by Crippen LogP contribution is 2.17. The molecule has 90 valence electrons. The summed E-state index contributed by atoms with van der Waals surface area (Å²) in [5.74, 6) is -0.379. The maximum absolute atomic E-state index is 13.2. The summed E-state index contributed by atoms with van der Waals surface area (Å²) in [6.07, 6.45) is 1.17. The van der Waals surface area contributed by atoms with Gasteiger partial charge in [0.15, 0.2) is 0 Å². The minimum atomic E-state index is -3.09. The maximum atomic E-state index is 13.2. The quantitative estimate of drug-likeness (QED) is 0.873. The van der Waals surface area contributed by atoms with Gasteiger partial charge in [0, 0.05) is 12.3 Å². The topological polar surface area (TPSA) is 46.2 Å². The Morgan fingerprint density at radius 2 is 2.00 bits per heavy atom. The molecule has 3 nitrogen and oxygen atoms in total. The highest BCUT2D eigenvalue weighted by molar-refractivity contribution is 7.90. The van der Waals surface area contributed by atoms with Gasteiger partial charge in [0.25, 0.3) is 0 Å². The van der Waals surface area contributed by atoms with E-state index in [1.807, 2.05) is 0 Å². The van der Waals surface area contributed by atoms with Crippen LogP contribution in [0.3, 0.4) is 0 Å². The number of benzene rings is 1. The van der Waals surface area contributed by atoms with Crippen LogP contribution in [0.15, 0.2) is 18.2 Å². The fraction of sp³-hybridized carbons (Fsp3) is 0.455. The molecule has 1 atom stereocenters. The van der Waals surface area contributed by atoms with Crippen LogP contribution in [-0.4, -0.2) is 27.5 Å². The summed E-state index contributed by atoms with van der Waals surface area (Å²) in [7, 11) is -1.43. The van der Waals surface area contributed by atoms with E-state index in [4.69, 9.17) is 0 Å². The van der Waals surface area contributed by atoms with Crippen molar-refractivity contribution in [2.75, 3.05) is 19.1 Å². The van der Waals surface area contributed by atoms with Crippen LogP contribution in [0.2, 0.25) is 0 Å². The molecule has 0 heterocycles. The van der Waals surface area contributed by atoms with Gasteiger partial charge in [-0.1, -0.05) is 6.07 Å². The van der Waals surface area contributed by atoms with E-state index in [9.17, 15) is 12.8 Å². The molecule has 0 saturated carbocycles. The summed E-state index contributed by atoms with van der Waals surface area (Å²) < 4.78 is 35.6. The lowest BCUT2D eigenvalue weighted by Crippen LogP contribution is -2.24. The molecule has 16 heavy (non-hydrogen) atoms. The van der Waals surface area contributed by atoms with Crippen LogP contribution in [0.1, 0.15) is 17.2 Å². The predicted octanol–water partition coefficient (Wildman–Crippen LogP) is 1.44. The van der Waals surface area contributed by atoms with Crippen molar-refractivity contribution in [3.05, 3.63) is 35.1 Å². The third kappa shape index (κ3) is 3.90. The second-order valence-corrected chi connectivity index (χ2v) is 6.18. The molecule has 0 spiro atoms. The van der Waals surface area contributed by atoms with Gasteiger partial charge in [-0.05, 0) is 37.2 Å². The van der Waals surface area contributed by atoms with E-state index in [2.05, 4.69) is 5.32 Å². The molecule has 0 aromatic heterocycles. The Kier molecular flexibility index (Phi) is 4.04. The molecule has 0 aliphatic carbocycles. The first-order chi connectivity index (χ1) is 7.31. The van der Waals surface area contributed by atoms with Crippen LogP contribution in [0.5, 0.6) is 0 Å². The number of rotatable bonds is 4. The zero-order chi connectivity index (χ0) is 12.3. The number of aryl methyl sites for hydroxylation is 1. The van der Waals surface area contributed by atoms with Gasteiger partial charge < -0.3 is 5.32 Å². The molecule has 0 aliphatic heterocycles. The van der Waals surface area contributed by atoms with Crippen LogP contribution in [0, 0.1) is 12.7 Å². The van der Waals surface area contributed by atoms with Crippen molar-refractivity contribution >= 4 is 9.84 Å². The van der Waals surface area contributed by atoms with Gasteiger partial charge in [-0.2, -0.15) is 0 Å². The molecule has 0 amide bonds. The van der Waals surface area contributed by atoms with Crippen molar-refractivity contribution in [2.24, 2.45) is 0 Å². The van der Waals surface area contributed by atoms with E-state index in [1.165, 1.54) is 18.4 Å². The van der Waals surface area contributed by atoms with Gasteiger partial charge in [0.05, 0.1) is 5.75 Å². The summed E-state index contributed by atoms with van der Waals surface area (Å²) in [6, 6.07) is 4.19. The van der Waals surface area contributed by atoms with Gasteiger partial charge in [0.1, 0.15) is 15.7 Å². The number of hydrogen-bond acceptors (Lipinski definition) is 3. The predicted molar refractivity (Wildman–Crippen MR) is 62.6 cm³/mol. The summed E-state index contributed by atoms with van der Waals surface area (Å²) >= 11 is 0. The van der Waals surface area contributed by atoms with Crippen LogP contribution in [0.4, 0.5) is 4.39 Å². The number of hydrogen-bond donors (Lipinski definition) is 1. The van der Waals surface area contributed by atoms with Gasteiger partial charge in [-0.25, -0.2) is 12.8 Å². The molecular formula is C11H16FNO2S. The first-order valence-corrected chi connectivity index (χ1v) is 7.00. The van der Waals surface area contributed by atoms with Gasteiger partial charge >= 0.3 is 0 Å². The number of halogens is 1. The van der Waals surface area contributed by atoms with Crippen molar-refractivity contribution in [3.63, 3.8) is 0 Å². The van der Waals surface area contributed by atoms with Crippen LogP contribution >= 0.6 is 0 Å². The van der Waals surface area contributed by atoms with E-state index in [0.29, 0.717) is 5.56 Å². The molecule has 0 aliphatic rings. The number of nitrogens with one attached hydrogen (secondary N) is 1. The Bertz CT molecular complexity index is 451. The molecule has 1 N–H and O–H groups in total. The highest BCUT2D eigenvalue weighted by Gasteiger charge is 2.16. The standard InChI is InChI=1S/C11H16FNO2S/c1-8-4-9(6-10(12)5-8)11(13-2)7-16(3,14)15/h4-6,11,13H,7H2,1-3H3. The Balaban J connectivity index is 3.04. The van der Waals surface area contributed by atoms with Crippen molar-refractivity contribution in [2.45, 2.75) is 13.0 Å². The Labute approximate surface area is 95.6 Å². The first kappa shape index (κ1) is 13.1. The molecule has 1 unspecified atom stereocenters. The molecule has 0 bridgehead atoms. The van der Waals surface area contributed by atoms with Gasteiger partial charge in [-0.15, -0.1) is 0 Å². The Hall–Kier alpha value is -0.940. The second kappa shape index (κ2) is 4.93. The summed E-state index contributed by atoms with van der Waals surface area (Å²) in [5, 5.41) is 2.88.